The molecule has 0 bridgehead atoms. The normalized spacial score (nSPS) is 15.9. The number of fused-ring (bicyclic) bond motifs is 1. The van der Waals surface area contributed by atoms with E-state index in [1.165, 1.54) is 0 Å². The molecule has 1 amide bonds. The lowest BCUT2D eigenvalue weighted by atomic mass is 10.1. The maximum absolute atomic E-state index is 12.4. The molecule has 0 radical (unpaired) electrons. The zero-order valence-electron chi connectivity index (χ0n) is 9.88. The highest BCUT2D eigenvalue weighted by molar-refractivity contribution is 6.35. The Hall–Kier alpha value is -2.26. The van der Waals surface area contributed by atoms with Crippen molar-refractivity contribution in [2.45, 2.75) is 0 Å². The van der Waals surface area contributed by atoms with E-state index in [0.29, 0.717) is 10.7 Å². The number of carbonyl (C=O) groups is 1. The fraction of sp³-hybridized carbons (Fsp3) is 0. The summed E-state index contributed by atoms with van der Waals surface area (Å²) in [6.45, 7) is 0. The largest absolute Gasteiger partial charge is 0.515 e. The molecule has 19 heavy (non-hydrogen) atoms. The van der Waals surface area contributed by atoms with Gasteiger partial charge in [0.25, 0.3) is 5.91 Å². The van der Waals surface area contributed by atoms with Crippen LogP contribution in [0.2, 0.25) is 5.02 Å². The first-order valence-electron chi connectivity index (χ1n) is 5.76. The van der Waals surface area contributed by atoms with Crippen molar-refractivity contribution in [1.29, 1.82) is 0 Å². The molecule has 1 aliphatic rings. The molecule has 0 unspecified atom stereocenters. The number of nitrogens with zero attached hydrogens (tertiary/aromatic N) is 1. The van der Waals surface area contributed by atoms with Crippen molar-refractivity contribution in [3.05, 3.63) is 65.4 Å². The summed E-state index contributed by atoms with van der Waals surface area (Å²) in [5.41, 5.74) is 2.43. The molecule has 4 heteroatoms. The predicted octanol–water partition coefficient (Wildman–Crippen LogP) is 3.92. The molecule has 94 valence electrons. The first kappa shape index (κ1) is 11.8. The van der Waals surface area contributed by atoms with Gasteiger partial charge in [-0.05, 0) is 24.3 Å². The fourth-order valence-corrected chi connectivity index (χ4v) is 2.42. The molecule has 0 aliphatic carbocycles. The summed E-state index contributed by atoms with van der Waals surface area (Å²) in [6, 6.07) is 14.4. The Morgan fingerprint density at radius 1 is 1.11 bits per heavy atom. The Morgan fingerprint density at radius 3 is 2.63 bits per heavy atom. The number of amides is 1. The van der Waals surface area contributed by atoms with Gasteiger partial charge in [-0.15, -0.1) is 0 Å². The topological polar surface area (TPSA) is 40.5 Å². The maximum Gasteiger partial charge on any atom is 0.266 e. The molecule has 3 rings (SSSR count). The van der Waals surface area contributed by atoms with Crippen molar-refractivity contribution in [3.8, 4) is 0 Å². The molecule has 0 saturated heterocycles. The average molecular weight is 272 g/mol. The molecule has 1 N–H and O–H groups in total. The van der Waals surface area contributed by atoms with E-state index in [-0.39, 0.29) is 11.5 Å². The lowest BCUT2D eigenvalue weighted by Gasteiger charge is -2.17. The molecular weight excluding hydrogens is 262 g/mol. The Labute approximate surface area is 115 Å². The van der Waals surface area contributed by atoms with E-state index in [9.17, 15) is 9.90 Å². The van der Waals surface area contributed by atoms with E-state index in [0.717, 1.165) is 17.5 Å². The summed E-state index contributed by atoms with van der Waals surface area (Å²) >= 11 is 5.97. The second kappa shape index (κ2) is 4.44. The number of para-hydroxylation sites is 1. The summed E-state index contributed by atoms with van der Waals surface area (Å²) in [4.78, 5) is 13.9. The van der Waals surface area contributed by atoms with E-state index in [4.69, 9.17) is 11.6 Å². The molecular formula is C15H10ClNO2. The lowest BCUT2D eigenvalue weighted by molar-refractivity contribution is -0.112. The molecule has 0 saturated carbocycles. The van der Waals surface area contributed by atoms with E-state index >= 15 is 0 Å². The molecule has 2 aromatic rings. The molecule has 1 aliphatic heterocycles. The number of hydrogen-bond donors (Lipinski definition) is 1. The zero-order valence-corrected chi connectivity index (χ0v) is 10.6. The summed E-state index contributed by atoms with van der Waals surface area (Å²) in [7, 11) is 0. The van der Waals surface area contributed by atoms with Gasteiger partial charge in [0, 0.05) is 10.6 Å². The lowest BCUT2D eigenvalue weighted by Crippen LogP contribution is -2.20. The minimum atomic E-state index is -0.258. The van der Waals surface area contributed by atoms with Crippen LogP contribution in [0.25, 0.3) is 5.57 Å². The average Bonchev–Trinajstić information content (AvgIpc) is 2.70. The molecule has 1 heterocycles. The van der Waals surface area contributed by atoms with Gasteiger partial charge in [0.1, 0.15) is 0 Å². The first-order valence-corrected chi connectivity index (χ1v) is 6.14. The maximum atomic E-state index is 12.4. The number of aliphatic hydroxyl groups is 1. The smallest absolute Gasteiger partial charge is 0.266 e. The standard InChI is InChI=1S/C15H10ClNO2/c16-10-4-3-5-11(8-10)17-14-7-2-1-6-12(14)13(9-18)15(17)19/h1-9,18H. The number of carbonyl (C=O) groups excluding carboxylic acids is 1. The minimum absolute atomic E-state index is 0.258. The highest BCUT2D eigenvalue weighted by Crippen LogP contribution is 2.41. The van der Waals surface area contributed by atoms with Crippen LogP contribution < -0.4 is 4.90 Å². The summed E-state index contributed by atoms with van der Waals surface area (Å²) in [6.07, 6.45) is 0.853. The number of aliphatic hydroxyl groups excluding tert-OH is 1. The van der Waals surface area contributed by atoms with Gasteiger partial charge in [0.2, 0.25) is 0 Å². The predicted molar refractivity (Wildman–Crippen MR) is 75.6 cm³/mol. The number of benzene rings is 2. The Balaban J connectivity index is 2.21. The van der Waals surface area contributed by atoms with Crippen LogP contribution >= 0.6 is 11.6 Å². The Morgan fingerprint density at radius 2 is 1.89 bits per heavy atom. The summed E-state index contributed by atoms with van der Waals surface area (Å²) in [5, 5.41) is 9.83. The van der Waals surface area contributed by atoms with Crippen molar-refractivity contribution in [1.82, 2.24) is 0 Å². The second-order valence-electron chi connectivity index (χ2n) is 4.18. The summed E-state index contributed by atoms with van der Waals surface area (Å²) in [5.74, 6) is -0.258. The van der Waals surface area contributed by atoms with Crippen molar-refractivity contribution in [2.75, 3.05) is 4.90 Å². The minimum Gasteiger partial charge on any atom is -0.515 e. The third-order valence-corrected chi connectivity index (χ3v) is 3.30. The quantitative estimate of drug-likeness (QED) is 0.631. The Kier molecular flexibility index (Phi) is 2.76. The van der Waals surface area contributed by atoms with Crippen LogP contribution in [-0.4, -0.2) is 11.0 Å². The van der Waals surface area contributed by atoms with Crippen LogP contribution in [0, 0.1) is 0 Å². The van der Waals surface area contributed by atoms with Crippen LogP contribution in [0.1, 0.15) is 5.56 Å². The highest BCUT2D eigenvalue weighted by Gasteiger charge is 2.33. The Bertz CT molecular complexity index is 694. The second-order valence-corrected chi connectivity index (χ2v) is 4.62. The van der Waals surface area contributed by atoms with Gasteiger partial charge in [0.15, 0.2) is 0 Å². The van der Waals surface area contributed by atoms with Gasteiger partial charge >= 0.3 is 0 Å². The van der Waals surface area contributed by atoms with Crippen LogP contribution in [0.5, 0.6) is 0 Å². The van der Waals surface area contributed by atoms with Crippen molar-refractivity contribution >= 4 is 34.5 Å². The zero-order chi connectivity index (χ0) is 13.4. The third-order valence-electron chi connectivity index (χ3n) is 3.06. The van der Waals surface area contributed by atoms with E-state index in [1.807, 2.05) is 18.2 Å². The highest BCUT2D eigenvalue weighted by atomic mass is 35.5. The molecule has 0 aromatic heterocycles. The number of hydrogen-bond acceptors (Lipinski definition) is 2. The number of anilines is 2. The van der Waals surface area contributed by atoms with Crippen molar-refractivity contribution in [3.63, 3.8) is 0 Å². The van der Waals surface area contributed by atoms with Gasteiger partial charge in [0.05, 0.1) is 23.2 Å². The van der Waals surface area contributed by atoms with Gasteiger partial charge in [-0.3, -0.25) is 9.69 Å². The SMILES string of the molecule is O=C1C(=CO)c2ccccc2N1c1cccc(Cl)c1. The van der Waals surface area contributed by atoms with E-state index in [2.05, 4.69) is 0 Å². The van der Waals surface area contributed by atoms with Gasteiger partial charge in [-0.2, -0.15) is 0 Å². The van der Waals surface area contributed by atoms with Crippen LogP contribution in [0.4, 0.5) is 11.4 Å². The molecule has 2 aromatic carbocycles. The van der Waals surface area contributed by atoms with Crippen LogP contribution in [-0.2, 0) is 4.79 Å². The van der Waals surface area contributed by atoms with Crippen LogP contribution in [0.15, 0.2) is 54.8 Å². The molecule has 3 nitrogen and oxygen atoms in total. The van der Waals surface area contributed by atoms with Gasteiger partial charge in [-0.25, -0.2) is 0 Å². The van der Waals surface area contributed by atoms with Gasteiger partial charge in [-0.1, -0.05) is 35.9 Å². The van der Waals surface area contributed by atoms with Crippen LogP contribution in [0.3, 0.4) is 0 Å². The molecule has 0 fully saturated rings. The summed E-state index contributed by atoms with van der Waals surface area (Å²) < 4.78 is 0. The fourth-order valence-electron chi connectivity index (χ4n) is 2.24. The monoisotopic (exact) mass is 271 g/mol. The number of rotatable bonds is 1. The van der Waals surface area contributed by atoms with Crippen molar-refractivity contribution in [2.24, 2.45) is 0 Å². The van der Waals surface area contributed by atoms with Crippen molar-refractivity contribution < 1.29 is 9.90 Å². The molecule has 0 atom stereocenters. The molecule has 0 spiro atoms. The van der Waals surface area contributed by atoms with E-state index < -0.39 is 0 Å². The van der Waals surface area contributed by atoms with E-state index in [1.54, 1.807) is 35.2 Å². The first-order chi connectivity index (χ1) is 9.22. The number of halogens is 1. The van der Waals surface area contributed by atoms with Gasteiger partial charge < -0.3 is 5.11 Å². The third kappa shape index (κ3) is 1.79.